The lowest BCUT2D eigenvalue weighted by molar-refractivity contribution is -0.159. The predicted octanol–water partition coefficient (Wildman–Crippen LogP) is 1.48. The van der Waals surface area contributed by atoms with Crippen molar-refractivity contribution in [2.24, 2.45) is 11.8 Å². The van der Waals surface area contributed by atoms with Crippen LogP contribution in [0.1, 0.15) is 44.1 Å². The number of rotatable bonds is 8. The lowest BCUT2D eigenvalue weighted by atomic mass is 9.92. The van der Waals surface area contributed by atoms with Crippen molar-refractivity contribution in [3.63, 3.8) is 0 Å². The van der Waals surface area contributed by atoms with Crippen LogP contribution in [0.2, 0.25) is 0 Å². The molecule has 29 heavy (non-hydrogen) atoms. The third-order valence-electron chi connectivity index (χ3n) is 5.77. The van der Waals surface area contributed by atoms with Crippen molar-refractivity contribution in [3.05, 3.63) is 23.9 Å². The van der Waals surface area contributed by atoms with Gasteiger partial charge in [-0.15, -0.1) is 0 Å². The molecule has 1 aromatic rings. The summed E-state index contributed by atoms with van der Waals surface area (Å²) in [4.78, 5) is 41.1. The number of nitrogens with zero attached hydrogens (tertiary/aromatic N) is 3. The van der Waals surface area contributed by atoms with Gasteiger partial charge in [-0.25, -0.2) is 15.5 Å². The van der Waals surface area contributed by atoms with Gasteiger partial charge in [0, 0.05) is 12.7 Å². The number of aryl methyl sites for hydroxylation is 1. The Bertz CT molecular complexity index is 737. The molecule has 1 aliphatic carbocycles. The van der Waals surface area contributed by atoms with Crippen LogP contribution in [-0.4, -0.2) is 57.6 Å². The minimum absolute atomic E-state index is 0.0787. The van der Waals surface area contributed by atoms with Crippen LogP contribution in [0.4, 0.5) is 5.82 Å². The van der Waals surface area contributed by atoms with E-state index in [1.807, 2.05) is 13.0 Å². The molecule has 1 saturated heterocycles. The average Bonchev–Trinajstić information content (AvgIpc) is 3.40. The van der Waals surface area contributed by atoms with Gasteiger partial charge in [0.1, 0.15) is 11.9 Å². The number of carbonyl (C=O) groups excluding carboxylic acids is 3. The highest BCUT2D eigenvalue weighted by molar-refractivity contribution is 5.97. The van der Waals surface area contributed by atoms with Crippen LogP contribution < -0.4 is 10.7 Å². The maximum atomic E-state index is 13.2. The molecule has 1 aromatic heterocycles. The molecule has 2 aliphatic rings. The molecule has 1 aliphatic heterocycles. The van der Waals surface area contributed by atoms with Crippen molar-refractivity contribution in [3.8, 4) is 0 Å². The summed E-state index contributed by atoms with van der Waals surface area (Å²) in [7, 11) is 0. The molecular weight excluding hydrogens is 374 g/mol. The zero-order chi connectivity index (χ0) is 20.8. The molecule has 158 valence electrons. The molecular formula is C20H29N5O4. The number of aromatic nitrogens is 1. The molecule has 0 radical (unpaired) electrons. The van der Waals surface area contributed by atoms with E-state index in [-0.39, 0.29) is 18.4 Å². The van der Waals surface area contributed by atoms with E-state index in [0.717, 1.165) is 31.2 Å². The third kappa shape index (κ3) is 5.30. The first-order valence-electron chi connectivity index (χ1n) is 10.2. The Morgan fingerprint density at radius 1 is 1.41 bits per heavy atom. The van der Waals surface area contributed by atoms with Gasteiger partial charge in [0.2, 0.25) is 18.2 Å². The first-order valence-corrected chi connectivity index (χ1v) is 10.2. The second-order valence-electron chi connectivity index (χ2n) is 7.89. The van der Waals surface area contributed by atoms with E-state index in [4.69, 9.17) is 0 Å². The van der Waals surface area contributed by atoms with Gasteiger partial charge >= 0.3 is 0 Å². The number of hydrogen-bond acceptors (Lipinski definition) is 6. The SMILES string of the molecule is Cc1cccnc1NC(=O)C1CCNN1C(=O)C(CC1CCCC1)CN(O)C=O. The van der Waals surface area contributed by atoms with E-state index < -0.39 is 12.0 Å². The summed E-state index contributed by atoms with van der Waals surface area (Å²) in [5, 5.41) is 14.4. The molecule has 0 bridgehead atoms. The topological polar surface area (TPSA) is 115 Å². The Hall–Kier alpha value is -2.52. The van der Waals surface area contributed by atoms with Gasteiger partial charge in [-0.2, -0.15) is 0 Å². The largest absolute Gasteiger partial charge is 0.309 e. The summed E-state index contributed by atoms with van der Waals surface area (Å²) in [6, 6.07) is 2.98. The number of carbonyl (C=O) groups is 3. The highest BCUT2D eigenvalue weighted by atomic mass is 16.5. The minimum atomic E-state index is -0.668. The van der Waals surface area contributed by atoms with Crippen molar-refractivity contribution in [1.29, 1.82) is 0 Å². The summed E-state index contributed by atoms with van der Waals surface area (Å²) < 4.78 is 0. The standard InChI is InChI=1S/C20H29N5O4/c1-14-5-4-9-21-18(14)23-19(27)17-8-10-22-25(17)20(28)16(12-24(29)13-26)11-15-6-2-3-7-15/h4-5,9,13,15-17,22,29H,2-3,6-8,10-12H2,1H3,(H,21,23,27). The first-order chi connectivity index (χ1) is 14.0. The smallest absolute Gasteiger partial charge is 0.250 e. The molecule has 9 nitrogen and oxygen atoms in total. The number of amides is 3. The second kappa shape index (κ2) is 9.80. The van der Waals surface area contributed by atoms with Crippen LogP contribution >= 0.6 is 0 Å². The fourth-order valence-corrected chi connectivity index (χ4v) is 4.22. The molecule has 2 atom stereocenters. The average molecular weight is 403 g/mol. The molecule has 2 fully saturated rings. The van der Waals surface area contributed by atoms with E-state index in [9.17, 15) is 19.6 Å². The van der Waals surface area contributed by atoms with E-state index >= 15 is 0 Å². The molecule has 2 heterocycles. The molecule has 0 spiro atoms. The molecule has 1 saturated carbocycles. The summed E-state index contributed by atoms with van der Waals surface area (Å²) in [6.45, 7) is 2.27. The Morgan fingerprint density at radius 3 is 2.86 bits per heavy atom. The summed E-state index contributed by atoms with van der Waals surface area (Å²) in [5.74, 6) is -0.267. The van der Waals surface area contributed by atoms with E-state index in [1.165, 1.54) is 5.01 Å². The molecule has 3 N–H and O–H groups in total. The van der Waals surface area contributed by atoms with Gasteiger partial charge in [0.05, 0.1) is 12.5 Å². The van der Waals surface area contributed by atoms with Crippen LogP contribution in [0.25, 0.3) is 0 Å². The number of anilines is 1. The monoisotopic (exact) mass is 403 g/mol. The molecule has 2 unspecified atom stereocenters. The number of hydrazine groups is 1. The Balaban J connectivity index is 1.70. The van der Waals surface area contributed by atoms with Gasteiger partial charge in [0.25, 0.3) is 0 Å². The molecule has 0 aromatic carbocycles. The van der Waals surface area contributed by atoms with Crippen LogP contribution in [0, 0.1) is 18.8 Å². The molecule has 3 rings (SSSR count). The summed E-state index contributed by atoms with van der Waals surface area (Å²) >= 11 is 0. The van der Waals surface area contributed by atoms with Crippen molar-refractivity contribution in [2.75, 3.05) is 18.4 Å². The highest BCUT2D eigenvalue weighted by Gasteiger charge is 2.39. The zero-order valence-corrected chi connectivity index (χ0v) is 16.7. The fraction of sp³-hybridized carbons (Fsp3) is 0.600. The predicted molar refractivity (Wildman–Crippen MR) is 105 cm³/mol. The van der Waals surface area contributed by atoms with Crippen LogP contribution in [-0.2, 0) is 14.4 Å². The zero-order valence-electron chi connectivity index (χ0n) is 16.7. The summed E-state index contributed by atoms with van der Waals surface area (Å²) in [6.07, 6.45) is 7.35. The fourth-order valence-electron chi connectivity index (χ4n) is 4.22. The number of hydroxylamine groups is 2. The normalized spacial score (nSPS) is 20.5. The maximum Gasteiger partial charge on any atom is 0.250 e. The second-order valence-corrected chi connectivity index (χ2v) is 7.89. The Kier molecular flexibility index (Phi) is 7.16. The van der Waals surface area contributed by atoms with Gasteiger partial charge in [-0.05, 0) is 37.3 Å². The van der Waals surface area contributed by atoms with Gasteiger partial charge in [-0.1, -0.05) is 31.7 Å². The number of pyridine rings is 1. The van der Waals surface area contributed by atoms with Crippen LogP contribution in [0.15, 0.2) is 18.3 Å². The van der Waals surface area contributed by atoms with Crippen molar-refractivity contribution in [1.82, 2.24) is 20.5 Å². The van der Waals surface area contributed by atoms with Gasteiger partial charge in [-0.3, -0.25) is 24.6 Å². The summed E-state index contributed by atoms with van der Waals surface area (Å²) in [5.41, 5.74) is 3.84. The highest BCUT2D eigenvalue weighted by Crippen LogP contribution is 2.31. The van der Waals surface area contributed by atoms with Crippen LogP contribution in [0.5, 0.6) is 0 Å². The minimum Gasteiger partial charge on any atom is -0.309 e. The van der Waals surface area contributed by atoms with E-state index in [0.29, 0.717) is 42.6 Å². The Labute approximate surface area is 170 Å². The van der Waals surface area contributed by atoms with E-state index in [2.05, 4.69) is 15.7 Å². The quantitative estimate of drug-likeness (QED) is 0.344. The van der Waals surface area contributed by atoms with Gasteiger partial charge in [0.15, 0.2) is 0 Å². The van der Waals surface area contributed by atoms with Crippen molar-refractivity contribution < 1.29 is 19.6 Å². The van der Waals surface area contributed by atoms with Crippen molar-refractivity contribution >= 4 is 24.0 Å². The third-order valence-corrected chi connectivity index (χ3v) is 5.77. The lowest BCUT2D eigenvalue weighted by Gasteiger charge is -2.30. The van der Waals surface area contributed by atoms with Crippen molar-refractivity contribution in [2.45, 2.75) is 51.5 Å². The van der Waals surface area contributed by atoms with E-state index in [1.54, 1.807) is 12.3 Å². The maximum absolute atomic E-state index is 13.2. The number of hydrogen-bond donors (Lipinski definition) is 3. The lowest BCUT2D eigenvalue weighted by Crippen LogP contribution is -2.51. The van der Waals surface area contributed by atoms with Gasteiger partial charge < -0.3 is 5.32 Å². The van der Waals surface area contributed by atoms with Crippen LogP contribution in [0.3, 0.4) is 0 Å². The molecule has 3 amide bonds. The Morgan fingerprint density at radius 2 is 2.17 bits per heavy atom. The molecule has 9 heteroatoms. The first kappa shape index (κ1) is 21.2. The number of nitrogens with one attached hydrogen (secondary N) is 2.